The number of ether oxygens (including phenoxy) is 1. The van der Waals surface area contributed by atoms with E-state index < -0.39 is 16.0 Å². The smallest absolute Gasteiger partial charge is 0.339 e. The number of carbonyl (C=O) groups is 2. The summed E-state index contributed by atoms with van der Waals surface area (Å²) in [7, 11) is -2.50. The fraction of sp³-hybridized carbons (Fsp3) is 0.400. The normalized spacial score (nSPS) is 15.8. The molecule has 168 valence electrons. The molecule has 0 amide bonds. The Labute approximate surface area is 191 Å². The minimum atomic E-state index is -3.79. The molecule has 1 N–H and O–H groups in total. The number of hydrogen-bond acceptors (Lipinski definition) is 6. The second-order valence-corrected chi connectivity index (χ2v) is 10.0. The van der Waals surface area contributed by atoms with Crippen LogP contribution in [0.25, 0.3) is 0 Å². The van der Waals surface area contributed by atoms with E-state index in [4.69, 9.17) is 27.9 Å². The first-order valence-electron chi connectivity index (χ1n) is 9.54. The molecule has 2 aromatic rings. The number of rotatable bonds is 6. The molecule has 1 aliphatic rings. The van der Waals surface area contributed by atoms with Crippen molar-refractivity contribution in [2.45, 2.75) is 18.7 Å². The lowest BCUT2D eigenvalue weighted by atomic mass is 10.1. The van der Waals surface area contributed by atoms with Gasteiger partial charge in [-0.2, -0.15) is 4.31 Å². The number of piperazine rings is 1. The minimum absolute atomic E-state index is 0.0287. The lowest BCUT2D eigenvalue weighted by Crippen LogP contribution is -2.49. The maximum absolute atomic E-state index is 12.9. The molecule has 1 saturated heterocycles. The van der Waals surface area contributed by atoms with Crippen LogP contribution in [0.4, 0.5) is 0 Å². The van der Waals surface area contributed by atoms with E-state index >= 15 is 0 Å². The predicted octanol–water partition coefficient (Wildman–Crippen LogP) is 2.91. The largest absolute Gasteiger partial charge is 0.465 e. The first-order valence-corrected chi connectivity index (χ1v) is 11.7. The number of Topliss-reactive ketones (excluding diaryl/α,β-unsaturated/α-hetero) is 1. The van der Waals surface area contributed by atoms with E-state index in [-0.39, 0.29) is 40.4 Å². The number of benzene rings is 1. The first-order chi connectivity index (χ1) is 14.6. The van der Waals surface area contributed by atoms with E-state index in [0.717, 1.165) is 0 Å². The van der Waals surface area contributed by atoms with Gasteiger partial charge in [0, 0.05) is 36.9 Å². The first kappa shape index (κ1) is 23.7. The fourth-order valence-electron chi connectivity index (χ4n) is 3.66. The number of aromatic nitrogens is 1. The number of sulfonamides is 1. The van der Waals surface area contributed by atoms with E-state index in [1.807, 2.05) is 4.90 Å². The molecule has 1 fully saturated rings. The Morgan fingerprint density at radius 2 is 1.77 bits per heavy atom. The van der Waals surface area contributed by atoms with Crippen LogP contribution in [0, 0.1) is 13.8 Å². The number of H-pyrrole nitrogens is 1. The second kappa shape index (κ2) is 9.30. The molecule has 0 bridgehead atoms. The Morgan fingerprint density at radius 1 is 1.13 bits per heavy atom. The second-order valence-electron chi connectivity index (χ2n) is 7.29. The number of carbonyl (C=O) groups excluding carboxylic acids is 2. The summed E-state index contributed by atoms with van der Waals surface area (Å²) in [4.78, 5) is 29.6. The number of nitrogens with zero attached hydrogens (tertiary/aromatic N) is 2. The number of nitrogens with one attached hydrogen (secondary N) is 1. The SMILES string of the molecule is COC(=O)c1c(C)[nH]c(C(=O)CN2CCN(S(=O)(=O)c3cc(Cl)ccc3Cl)CC2)c1C. The summed E-state index contributed by atoms with van der Waals surface area (Å²) >= 11 is 12.0. The van der Waals surface area contributed by atoms with E-state index in [2.05, 4.69) is 4.98 Å². The highest BCUT2D eigenvalue weighted by Gasteiger charge is 2.31. The molecule has 31 heavy (non-hydrogen) atoms. The average Bonchev–Trinajstić information content (AvgIpc) is 3.03. The highest BCUT2D eigenvalue weighted by atomic mass is 35.5. The van der Waals surface area contributed by atoms with Crippen molar-refractivity contribution in [3.8, 4) is 0 Å². The van der Waals surface area contributed by atoms with E-state index in [9.17, 15) is 18.0 Å². The maximum Gasteiger partial charge on any atom is 0.339 e. The fourth-order valence-corrected chi connectivity index (χ4v) is 5.82. The van der Waals surface area contributed by atoms with E-state index in [1.54, 1.807) is 13.8 Å². The third-order valence-corrected chi connectivity index (χ3v) is 7.93. The maximum atomic E-state index is 12.9. The van der Waals surface area contributed by atoms with Gasteiger partial charge in [-0.05, 0) is 37.6 Å². The number of aryl methyl sites for hydroxylation is 1. The Bertz CT molecular complexity index is 1120. The van der Waals surface area contributed by atoms with Crippen molar-refractivity contribution >= 4 is 45.0 Å². The van der Waals surface area contributed by atoms with Crippen LogP contribution in [0.1, 0.15) is 32.1 Å². The minimum Gasteiger partial charge on any atom is -0.465 e. The van der Waals surface area contributed by atoms with Crippen molar-refractivity contribution in [2.75, 3.05) is 39.8 Å². The molecule has 0 spiro atoms. The molecular formula is C20H23Cl2N3O5S. The Balaban J connectivity index is 1.67. The van der Waals surface area contributed by atoms with Gasteiger partial charge >= 0.3 is 5.97 Å². The molecular weight excluding hydrogens is 465 g/mol. The van der Waals surface area contributed by atoms with Crippen molar-refractivity contribution in [2.24, 2.45) is 0 Å². The van der Waals surface area contributed by atoms with Gasteiger partial charge in [0.15, 0.2) is 5.78 Å². The zero-order valence-corrected chi connectivity index (χ0v) is 19.7. The van der Waals surface area contributed by atoms with Gasteiger partial charge in [-0.15, -0.1) is 0 Å². The van der Waals surface area contributed by atoms with Crippen LogP contribution in [0.3, 0.4) is 0 Å². The Hall–Kier alpha value is -1.91. The molecule has 0 unspecified atom stereocenters. The van der Waals surface area contributed by atoms with E-state index in [0.29, 0.717) is 35.6 Å². The lowest BCUT2D eigenvalue weighted by molar-refractivity contribution is 0.0599. The number of esters is 1. The molecule has 1 aliphatic heterocycles. The van der Waals surface area contributed by atoms with Gasteiger partial charge in [-0.3, -0.25) is 9.69 Å². The summed E-state index contributed by atoms with van der Waals surface area (Å²) in [6.45, 7) is 4.71. The number of aromatic amines is 1. The van der Waals surface area contributed by atoms with Crippen LogP contribution < -0.4 is 0 Å². The molecule has 3 rings (SSSR count). The van der Waals surface area contributed by atoms with Crippen molar-refractivity contribution in [1.82, 2.24) is 14.2 Å². The van der Waals surface area contributed by atoms with Crippen LogP contribution in [0.2, 0.25) is 10.0 Å². The third-order valence-electron chi connectivity index (χ3n) is 5.32. The monoisotopic (exact) mass is 487 g/mol. The zero-order valence-electron chi connectivity index (χ0n) is 17.4. The van der Waals surface area contributed by atoms with Crippen molar-refractivity contribution in [3.63, 3.8) is 0 Å². The van der Waals surface area contributed by atoms with Gasteiger partial charge in [0.05, 0.1) is 29.9 Å². The topological polar surface area (TPSA) is 99.8 Å². The summed E-state index contributed by atoms with van der Waals surface area (Å²) in [5.41, 5.74) is 1.84. The predicted molar refractivity (Wildman–Crippen MR) is 118 cm³/mol. The van der Waals surface area contributed by atoms with Crippen molar-refractivity contribution in [1.29, 1.82) is 0 Å². The highest BCUT2D eigenvalue weighted by molar-refractivity contribution is 7.89. The molecule has 0 atom stereocenters. The molecule has 0 aliphatic carbocycles. The Morgan fingerprint density at radius 3 is 2.39 bits per heavy atom. The molecule has 1 aromatic heterocycles. The van der Waals surface area contributed by atoms with Crippen LogP contribution in [0.5, 0.6) is 0 Å². The molecule has 1 aromatic carbocycles. The molecule has 8 nitrogen and oxygen atoms in total. The zero-order chi connectivity index (χ0) is 22.9. The van der Waals surface area contributed by atoms with Gasteiger partial charge in [0.25, 0.3) is 0 Å². The van der Waals surface area contributed by atoms with E-state index in [1.165, 1.54) is 29.6 Å². The quantitative estimate of drug-likeness (QED) is 0.496. The molecule has 0 radical (unpaired) electrons. The average molecular weight is 488 g/mol. The third kappa shape index (κ3) is 4.80. The van der Waals surface area contributed by atoms with Crippen LogP contribution in [-0.2, 0) is 14.8 Å². The van der Waals surface area contributed by atoms with Crippen LogP contribution in [0.15, 0.2) is 23.1 Å². The van der Waals surface area contributed by atoms with Crippen LogP contribution in [-0.4, -0.2) is 74.2 Å². The number of halogens is 2. The number of hydrogen-bond donors (Lipinski definition) is 1. The van der Waals surface area contributed by atoms with Crippen molar-refractivity contribution in [3.05, 3.63) is 50.8 Å². The van der Waals surface area contributed by atoms with Gasteiger partial charge in [0.1, 0.15) is 4.90 Å². The number of ketones is 1. The summed E-state index contributed by atoms with van der Waals surface area (Å²) in [6, 6.07) is 4.32. The van der Waals surface area contributed by atoms with Gasteiger partial charge < -0.3 is 9.72 Å². The van der Waals surface area contributed by atoms with Gasteiger partial charge in [-0.25, -0.2) is 13.2 Å². The lowest BCUT2D eigenvalue weighted by Gasteiger charge is -2.33. The molecule has 2 heterocycles. The van der Waals surface area contributed by atoms with Crippen molar-refractivity contribution < 1.29 is 22.7 Å². The standard InChI is InChI=1S/C20H23Cl2N3O5S/c1-12-18(20(27)30-3)13(2)23-19(12)16(26)11-24-6-8-25(9-7-24)31(28,29)17-10-14(21)4-5-15(17)22/h4-5,10,23H,6-9,11H2,1-3H3. The van der Waals surface area contributed by atoms with Crippen LogP contribution >= 0.6 is 23.2 Å². The molecule has 0 saturated carbocycles. The molecule has 11 heteroatoms. The number of methoxy groups -OCH3 is 1. The summed E-state index contributed by atoms with van der Waals surface area (Å²) < 4.78 is 32.0. The summed E-state index contributed by atoms with van der Waals surface area (Å²) in [5.74, 6) is -0.672. The van der Waals surface area contributed by atoms with Gasteiger partial charge in [-0.1, -0.05) is 23.2 Å². The Kier molecular flexibility index (Phi) is 7.12. The summed E-state index contributed by atoms with van der Waals surface area (Å²) in [6.07, 6.45) is 0. The van der Waals surface area contributed by atoms with Gasteiger partial charge in [0.2, 0.25) is 10.0 Å². The highest BCUT2D eigenvalue weighted by Crippen LogP contribution is 2.28. The summed E-state index contributed by atoms with van der Waals surface area (Å²) in [5, 5.41) is 0.399.